The minimum Gasteiger partial charge on any atom is -0.332 e. The molecule has 2 amide bonds. The number of benzene rings is 1. The Morgan fingerprint density at radius 1 is 0.774 bits per heavy atom. The topological polar surface area (TPSA) is 70.2 Å². The van der Waals surface area contributed by atoms with Crippen LogP contribution in [0.25, 0.3) is 0 Å². The Kier molecular flexibility index (Phi) is 14.6. The lowest BCUT2D eigenvalue weighted by molar-refractivity contribution is -0.119. The highest BCUT2D eigenvalue weighted by Crippen LogP contribution is 2.23. The van der Waals surface area contributed by atoms with Crippen molar-refractivity contribution in [3.63, 3.8) is 0 Å². The number of anilines is 2. The van der Waals surface area contributed by atoms with Crippen LogP contribution in [0.2, 0.25) is 0 Å². The lowest BCUT2D eigenvalue weighted by Crippen LogP contribution is -2.34. The molecule has 0 fully saturated rings. The molecule has 1 aromatic rings. The molecular weight excluding hydrogens is 406 g/mol. The van der Waals surface area contributed by atoms with Crippen LogP contribution in [0, 0.1) is 6.92 Å². The molecule has 1 aromatic carbocycles. The zero-order valence-electron chi connectivity index (χ0n) is 19.6. The van der Waals surface area contributed by atoms with E-state index in [0.717, 1.165) is 29.8 Å². The van der Waals surface area contributed by atoms with Crippen molar-refractivity contribution >= 4 is 40.5 Å². The Bertz CT molecular complexity index is 691. The fourth-order valence-electron chi connectivity index (χ4n) is 3.44. The molecule has 3 N–H and O–H groups in total. The molecule has 0 spiro atoms. The van der Waals surface area contributed by atoms with E-state index in [9.17, 15) is 9.59 Å². The first-order valence-corrected chi connectivity index (χ1v) is 12.4. The summed E-state index contributed by atoms with van der Waals surface area (Å²) in [6.45, 7) is 5.97. The normalized spacial score (nSPS) is 10.5. The number of carbonyl (C=O) groups is 2. The van der Waals surface area contributed by atoms with Gasteiger partial charge in [-0.15, -0.1) is 0 Å². The molecule has 0 atom stereocenters. The molecule has 0 radical (unpaired) electrons. The molecule has 0 saturated carbocycles. The summed E-state index contributed by atoms with van der Waals surface area (Å²) in [4.78, 5) is 23.8. The number of thiocarbonyl (C=S) groups is 1. The Labute approximate surface area is 194 Å². The molecule has 0 heterocycles. The van der Waals surface area contributed by atoms with Crippen molar-refractivity contribution in [2.75, 3.05) is 10.6 Å². The van der Waals surface area contributed by atoms with Crippen molar-refractivity contribution < 1.29 is 9.59 Å². The highest BCUT2D eigenvalue weighted by Gasteiger charge is 2.09. The predicted molar refractivity (Wildman–Crippen MR) is 136 cm³/mol. The van der Waals surface area contributed by atoms with Crippen molar-refractivity contribution in [3.8, 4) is 0 Å². The maximum Gasteiger partial charge on any atom is 0.226 e. The van der Waals surface area contributed by atoms with Gasteiger partial charge in [0.15, 0.2) is 5.11 Å². The smallest absolute Gasteiger partial charge is 0.226 e. The Hall–Kier alpha value is -1.95. The summed E-state index contributed by atoms with van der Waals surface area (Å²) < 4.78 is 0. The molecule has 31 heavy (non-hydrogen) atoms. The van der Waals surface area contributed by atoms with Crippen molar-refractivity contribution in [3.05, 3.63) is 23.8 Å². The molecule has 0 unspecified atom stereocenters. The lowest BCUT2D eigenvalue weighted by Gasteiger charge is -2.15. The van der Waals surface area contributed by atoms with Gasteiger partial charge in [0.1, 0.15) is 0 Å². The van der Waals surface area contributed by atoms with Gasteiger partial charge in [0, 0.05) is 24.2 Å². The van der Waals surface area contributed by atoms with Crippen LogP contribution < -0.4 is 16.0 Å². The van der Waals surface area contributed by atoms with E-state index in [4.69, 9.17) is 12.2 Å². The van der Waals surface area contributed by atoms with Gasteiger partial charge in [-0.25, -0.2) is 0 Å². The van der Waals surface area contributed by atoms with E-state index in [2.05, 4.69) is 22.9 Å². The second kappa shape index (κ2) is 16.7. The van der Waals surface area contributed by atoms with Gasteiger partial charge in [0.05, 0.1) is 0 Å². The largest absolute Gasteiger partial charge is 0.332 e. The molecule has 0 aromatic heterocycles. The number of amides is 2. The third-order valence-corrected chi connectivity index (χ3v) is 5.64. The first-order chi connectivity index (χ1) is 15.0. The molecule has 1 rings (SSSR count). The number of nitrogens with one attached hydrogen (secondary N) is 3. The number of hydrogen-bond acceptors (Lipinski definition) is 3. The Balaban J connectivity index is 2.19. The van der Waals surface area contributed by atoms with E-state index in [1.54, 1.807) is 0 Å². The van der Waals surface area contributed by atoms with Crippen LogP contribution in [0.1, 0.15) is 103 Å². The van der Waals surface area contributed by atoms with Crippen LogP contribution in [0.3, 0.4) is 0 Å². The molecule has 0 aliphatic carbocycles. The highest BCUT2D eigenvalue weighted by molar-refractivity contribution is 7.80. The van der Waals surface area contributed by atoms with Crippen LogP contribution >= 0.6 is 12.2 Å². The molecule has 0 aliphatic rings. The number of hydrogen-bond donors (Lipinski definition) is 3. The molecule has 0 saturated heterocycles. The quantitative estimate of drug-likeness (QED) is 0.203. The number of unbranched alkanes of at least 4 members (excludes halogenated alkanes) is 10. The van der Waals surface area contributed by atoms with Gasteiger partial charge < -0.3 is 16.0 Å². The summed E-state index contributed by atoms with van der Waals surface area (Å²) in [5.74, 6) is -0.0929. The number of carbonyl (C=O) groups excluding carboxylic acids is 2. The highest BCUT2D eigenvalue weighted by atomic mass is 32.1. The monoisotopic (exact) mass is 447 g/mol. The van der Waals surface area contributed by atoms with Gasteiger partial charge >= 0.3 is 0 Å². The SMILES string of the molecule is CCCCCCCCCCCCCC(=O)NC(=S)Nc1cccc(NC(=O)CC)c1C. The maximum atomic E-state index is 12.1. The van der Waals surface area contributed by atoms with Gasteiger partial charge in [0.25, 0.3) is 0 Å². The lowest BCUT2D eigenvalue weighted by atomic mass is 10.1. The van der Waals surface area contributed by atoms with Gasteiger partial charge in [-0.05, 0) is 43.3 Å². The average Bonchev–Trinajstić information content (AvgIpc) is 2.74. The van der Waals surface area contributed by atoms with E-state index in [1.807, 2.05) is 32.0 Å². The molecule has 0 aliphatic heterocycles. The molecule has 0 bridgehead atoms. The second-order valence-electron chi connectivity index (χ2n) is 8.17. The minimum absolute atomic E-state index is 0.0388. The molecule has 5 nitrogen and oxygen atoms in total. The summed E-state index contributed by atoms with van der Waals surface area (Å²) in [6.07, 6.45) is 14.8. The second-order valence-corrected chi connectivity index (χ2v) is 8.58. The van der Waals surface area contributed by atoms with E-state index in [1.165, 1.54) is 57.8 Å². The average molecular weight is 448 g/mol. The van der Waals surface area contributed by atoms with E-state index in [-0.39, 0.29) is 16.9 Å². The van der Waals surface area contributed by atoms with Crippen molar-refractivity contribution in [2.24, 2.45) is 0 Å². The Morgan fingerprint density at radius 3 is 1.84 bits per heavy atom. The van der Waals surface area contributed by atoms with Crippen LogP contribution in [0.4, 0.5) is 11.4 Å². The van der Waals surface area contributed by atoms with E-state index in [0.29, 0.717) is 12.8 Å². The third-order valence-electron chi connectivity index (χ3n) is 5.44. The van der Waals surface area contributed by atoms with Crippen molar-refractivity contribution in [2.45, 2.75) is 104 Å². The van der Waals surface area contributed by atoms with E-state index < -0.39 is 0 Å². The fraction of sp³-hybridized carbons (Fsp3) is 0.640. The standard InChI is InChI=1S/C25H41N3O2S/c1-4-6-7-8-9-10-11-12-13-14-15-19-24(30)28-25(31)27-22-18-16-17-21(20(22)3)26-23(29)5-2/h16-18H,4-15,19H2,1-3H3,(H,26,29)(H2,27,28,30,31). The zero-order chi connectivity index (χ0) is 22.9. The summed E-state index contributed by atoms with van der Waals surface area (Å²) >= 11 is 5.28. The predicted octanol–water partition coefficient (Wildman–Crippen LogP) is 6.86. The van der Waals surface area contributed by atoms with Crippen molar-refractivity contribution in [1.82, 2.24) is 5.32 Å². The van der Waals surface area contributed by atoms with Crippen molar-refractivity contribution in [1.29, 1.82) is 0 Å². The number of rotatable bonds is 15. The zero-order valence-corrected chi connectivity index (χ0v) is 20.5. The first-order valence-electron chi connectivity index (χ1n) is 12.0. The van der Waals surface area contributed by atoms with Crippen LogP contribution in [-0.2, 0) is 9.59 Å². The summed E-state index contributed by atoms with van der Waals surface area (Å²) in [7, 11) is 0. The molecule has 174 valence electrons. The fourth-order valence-corrected chi connectivity index (χ4v) is 3.66. The minimum atomic E-state index is -0.0542. The summed E-state index contributed by atoms with van der Waals surface area (Å²) in [6, 6.07) is 5.57. The van der Waals surface area contributed by atoms with Crippen LogP contribution in [-0.4, -0.2) is 16.9 Å². The Morgan fingerprint density at radius 2 is 1.29 bits per heavy atom. The van der Waals surface area contributed by atoms with Gasteiger partial charge in [-0.1, -0.05) is 84.1 Å². The first kappa shape index (κ1) is 27.1. The van der Waals surface area contributed by atoms with Gasteiger partial charge in [-0.3, -0.25) is 9.59 Å². The summed E-state index contributed by atoms with van der Waals surface area (Å²) in [5, 5.41) is 8.98. The van der Waals surface area contributed by atoms with Gasteiger partial charge in [-0.2, -0.15) is 0 Å². The maximum absolute atomic E-state index is 12.1. The van der Waals surface area contributed by atoms with Crippen LogP contribution in [0.5, 0.6) is 0 Å². The van der Waals surface area contributed by atoms with Crippen LogP contribution in [0.15, 0.2) is 18.2 Å². The third kappa shape index (κ3) is 12.5. The van der Waals surface area contributed by atoms with Gasteiger partial charge in [0.2, 0.25) is 11.8 Å². The summed E-state index contributed by atoms with van der Waals surface area (Å²) in [5.41, 5.74) is 2.40. The molecular formula is C25H41N3O2S. The molecule has 6 heteroatoms. The van der Waals surface area contributed by atoms with E-state index >= 15 is 0 Å².